The van der Waals surface area contributed by atoms with Gasteiger partial charge < -0.3 is 20.1 Å². The van der Waals surface area contributed by atoms with Crippen molar-refractivity contribution in [2.24, 2.45) is 0 Å². The summed E-state index contributed by atoms with van der Waals surface area (Å²) in [5.41, 5.74) is 1.60. The minimum atomic E-state index is -0.715. The molecule has 180 valence electrons. The van der Waals surface area contributed by atoms with Crippen LogP contribution >= 0.6 is 11.6 Å². The third-order valence-corrected chi connectivity index (χ3v) is 6.52. The Morgan fingerprint density at radius 1 is 1.29 bits per heavy atom. The van der Waals surface area contributed by atoms with Gasteiger partial charge in [-0.05, 0) is 51.1 Å². The van der Waals surface area contributed by atoms with Crippen LogP contribution in [0.3, 0.4) is 0 Å². The summed E-state index contributed by atoms with van der Waals surface area (Å²) in [6, 6.07) is 11.1. The second-order valence-corrected chi connectivity index (χ2v) is 8.58. The number of hydrogen-bond donors (Lipinski definition) is 2. The van der Waals surface area contributed by atoms with Crippen LogP contribution < -0.4 is 20.9 Å². The van der Waals surface area contributed by atoms with Crippen LogP contribution in [0, 0.1) is 6.92 Å². The smallest absolute Gasteiger partial charge is 0.277 e. The number of benzene rings is 1. The average Bonchev–Trinajstić information content (AvgIpc) is 3.25. The fourth-order valence-electron chi connectivity index (χ4n) is 4.49. The first kappa shape index (κ1) is 24.2. The molecule has 1 fully saturated rings. The maximum atomic E-state index is 13.8. The maximum Gasteiger partial charge on any atom is 0.277 e. The number of rotatable bonds is 8. The van der Waals surface area contributed by atoms with Crippen LogP contribution in [0.2, 0.25) is 5.02 Å². The molecule has 3 heterocycles. The molecule has 0 amide bonds. The van der Waals surface area contributed by atoms with Gasteiger partial charge in [0.1, 0.15) is 22.8 Å². The summed E-state index contributed by atoms with van der Waals surface area (Å²) >= 11 is 6.53. The monoisotopic (exact) mass is 483 g/mol. The van der Waals surface area contributed by atoms with Crippen LogP contribution in [0.25, 0.3) is 11.4 Å². The summed E-state index contributed by atoms with van der Waals surface area (Å²) in [4.78, 5) is 23.2. The average molecular weight is 484 g/mol. The van der Waals surface area contributed by atoms with Gasteiger partial charge in [0.05, 0.1) is 29.6 Å². The zero-order valence-corrected chi connectivity index (χ0v) is 20.6. The first-order valence-electron chi connectivity index (χ1n) is 11.4. The molecular weight excluding hydrogens is 454 g/mol. The summed E-state index contributed by atoms with van der Waals surface area (Å²) in [6.07, 6.45) is 1.54. The van der Waals surface area contributed by atoms with Crippen molar-refractivity contribution in [2.75, 3.05) is 32.1 Å². The van der Waals surface area contributed by atoms with E-state index in [2.05, 4.69) is 15.6 Å². The second kappa shape index (κ2) is 10.1. The Bertz CT molecular complexity index is 1220. The molecule has 0 saturated carbocycles. The minimum absolute atomic E-state index is 0.172. The van der Waals surface area contributed by atoms with E-state index in [-0.39, 0.29) is 11.7 Å². The highest BCUT2D eigenvalue weighted by Crippen LogP contribution is 2.34. The van der Waals surface area contributed by atoms with Crippen LogP contribution in [0.1, 0.15) is 25.2 Å². The van der Waals surface area contributed by atoms with Crippen molar-refractivity contribution in [1.82, 2.24) is 19.9 Å². The van der Waals surface area contributed by atoms with E-state index in [1.807, 2.05) is 51.1 Å². The number of hydrogen-bond acceptors (Lipinski definition) is 7. The summed E-state index contributed by atoms with van der Waals surface area (Å²) in [7, 11) is 1.58. The van der Waals surface area contributed by atoms with E-state index in [0.29, 0.717) is 59.8 Å². The molecule has 1 aliphatic rings. The quantitative estimate of drug-likeness (QED) is 0.505. The van der Waals surface area contributed by atoms with Crippen molar-refractivity contribution >= 4 is 17.3 Å². The second-order valence-electron chi connectivity index (χ2n) is 8.18. The molecule has 2 aromatic heterocycles. The van der Waals surface area contributed by atoms with Gasteiger partial charge in [0.2, 0.25) is 0 Å². The predicted molar refractivity (Wildman–Crippen MR) is 134 cm³/mol. The van der Waals surface area contributed by atoms with E-state index < -0.39 is 5.54 Å². The lowest BCUT2D eigenvalue weighted by Gasteiger charge is -2.36. The lowest BCUT2D eigenvalue weighted by molar-refractivity contribution is 0.0384. The molecule has 0 unspecified atom stereocenters. The van der Waals surface area contributed by atoms with E-state index in [0.717, 1.165) is 5.69 Å². The van der Waals surface area contributed by atoms with Crippen LogP contribution in [-0.4, -0.2) is 47.4 Å². The molecule has 0 radical (unpaired) electrons. The Kier molecular flexibility index (Phi) is 7.21. The summed E-state index contributed by atoms with van der Waals surface area (Å²) in [5.74, 6) is 1.16. The third kappa shape index (κ3) is 4.29. The number of aryl methyl sites for hydroxylation is 1. The largest absolute Gasteiger partial charge is 0.497 e. The zero-order valence-electron chi connectivity index (χ0n) is 19.9. The first-order chi connectivity index (χ1) is 16.4. The molecule has 2 N–H and O–H groups in total. The van der Waals surface area contributed by atoms with Crippen LogP contribution in [0.15, 0.2) is 47.4 Å². The molecule has 4 rings (SSSR count). The molecule has 0 aliphatic carbocycles. The molecule has 1 aromatic carbocycles. The normalized spacial score (nSPS) is 19.9. The van der Waals surface area contributed by atoms with Gasteiger partial charge in [-0.3, -0.25) is 14.3 Å². The van der Waals surface area contributed by atoms with Gasteiger partial charge in [-0.1, -0.05) is 17.7 Å². The molecule has 2 atom stereocenters. The van der Waals surface area contributed by atoms with Crippen LogP contribution in [0.4, 0.5) is 5.69 Å². The highest BCUT2D eigenvalue weighted by atomic mass is 35.5. The molecule has 34 heavy (non-hydrogen) atoms. The molecule has 3 aromatic rings. The topological polar surface area (TPSA) is 90.3 Å². The molecule has 1 aliphatic heterocycles. The van der Waals surface area contributed by atoms with Crippen molar-refractivity contribution < 1.29 is 9.47 Å². The van der Waals surface area contributed by atoms with Gasteiger partial charge in [-0.15, -0.1) is 0 Å². The minimum Gasteiger partial charge on any atom is -0.497 e. The summed E-state index contributed by atoms with van der Waals surface area (Å²) in [6.45, 7) is 7.89. The Labute approximate surface area is 204 Å². The lowest BCUT2D eigenvalue weighted by Crippen LogP contribution is -2.49. The number of nitrogens with one attached hydrogen (secondary N) is 2. The number of nitrogens with zero attached hydrogens (tertiary/aromatic N) is 3. The van der Waals surface area contributed by atoms with Crippen molar-refractivity contribution in [3.05, 3.63) is 69.4 Å². The van der Waals surface area contributed by atoms with Gasteiger partial charge in [0, 0.05) is 38.0 Å². The SMILES string of the molecule is CCO[C@H]1CNC[C@@]1(Nc1c(C)nc(-c2ccc(OC)cc2Cl)n(CC)c1=O)c1ccccn1. The Morgan fingerprint density at radius 3 is 2.76 bits per heavy atom. The Balaban J connectivity index is 1.84. The maximum absolute atomic E-state index is 13.8. The van der Waals surface area contributed by atoms with Crippen molar-refractivity contribution in [2.45, 2.75) is 39.0 Å². The molecule has 1 saturated heterocycles. The molecule has 9 heteroatoms. The van der Waals surface area contributed by atoms with Crippen LogP contribution in [-0.2, 0) is 16.8 Å². The molecule has 0 bridgehead atoms. The van der Waals surface area contributed by atoms with Gasteiger partial charge in [0.15, 0.2) is 0 Å². The number of methoxy groups -OCH3 is 1. The predicted octanol–water partition coefficient (Wildman–Crippen LogP) is 3.61. The highest BCUT2D eigenvalue weighted by Gasteiger charge is 2.47. The van der Waals surface area contributed by atoms with Crippen LogP contribution in [0.5, 0.6) is 5.75 Å². The number of pyridine rings is 1. The number of aromatic nitrogens is 3. The van der Waals surface area contributed by atoms with Crippen molar-refractivity contribution in [3.63, 3.8) is 0 Å². The summed E-state index contributed by atoms with van der Waals surface area (Å²) in [5, 5.41) is 7.40. The van der Waals surface area contributed by atoms with E-state index in [1.54, 1.807) is 23.9 Å². The van der Waals surface area contributed by atoms with Crippen molar-refractivity contribution in [1.29, 1.82) is 0 Å². The van der Waals surface area contributed by atoms with Gasteiger partial charge >= 0.3 is 0 Å². The highest BCUT2D eigenvalue weighted by molar-refractivity contribution is 6.33. The fraction of sp³-hybridized carbons (Fsp3) is 0.400. The Morgan fingerprint density at radius 2 is 2.12 bits per heavy atom. The molecule has 8 nitrogen and oxygen atoms in total. The third-order valence-electron chi connectivity index (χ3n) is 6.20. The number of halogens is 1. The van der Waals surface area contributed by atoms with Gasteiger partial charge in [-0.2, -0.15) is 0 Å². The Hall–Kier alpha value is -2.94. The van der Waals surface area contributed by atoms with E-state index in [4.69, 9.17) is 26.1 Å². The van der Waals surface area contributed by atoms with E-state index in [1.165, 1.54) is 0 Å². The first-order valence-corrected chi connectivity index (χ1v) is 11.8. The molecule has 0 spiro atoms. The van der Waals surface area contributed by atoms with Gasteiger partial charge in [-0.25, -0.2) is 4.98 Å². The van der Waals surface area contributed by atoms with E-state index in [9.17, 15) is 4.79 Å². The standard InChI is InChI=1S/C25H30ClN5O3/c1-5-31-23(18-11-10-17(33-4)13-19(18)26)29-16(3)22(24(31)32)30-25(20-9-7-8-12-28-20)15-27-14-21(25)34-6-2/h7-13,21,27,30H,5-6,14-15H2,1-4H3/t21-,25+/m0/s1. The number of ether oxygens (including phenoxy) is 2. The molecular formula is C25H30ClN5O3. The summed E-state index contributed by atoms with van der Waals surface area (Å²) < 4.78 is 13.0. The number of anilines is 1. The van der Waals surface area contributed by atoms with Crippen molar-refractivity contribution in [3.8, 4) is 17.1 Å². The fourth-order valence-corrected chi connectivity index (χ4v) is 4.75. The zero-order chi connectivity index (χ0) is 24.3. The van der Waals surface area contributed by atoms with E-state index >= 15 is 0 Å². The van der Waals surface area contributed by atoms with Gasteiger partial charge in [0.25, 0.3) is 5.56 Å². The lowest BCUT2D eigenvalue weighted by atomic mass is 9.90.